The van der Waals surface area contributed by atoms with Gasteiger partial charge >= 0.3 is 0 Å². The first-order chi connectivity index (χ1) is 5.79. The highest BCUT2D eigenvalue weighted by Gasteiger charge is 2.24. The van der Waals surface area contributed by atoms with E-state index in [0.717, 1.165) is 9.15 Å². The van der Waals surface area contributed by atoms with Gasteiger partial charge in [0.1, 0.15) is 0 Å². The van der Waals surface area contributed by atoms with Gasteiger partial charge in [-0.2, -0.15) is 0 Å². The minimum Gasteiger partial charge on any atom is -0.272 e. The molecule has 0 saturated heterocycles. The van der Waals surface area contributed by atoms with Crippen LogP contribution in [0, 0.1) is 5.92 Å². The summed E-state index contributed by atoms with van der Waals surface area (Å²) in [5, 5.41) is 0. The highest BCUT2D eigenvalue weighted by atomic mass is 127. The van der Waals surface area contributed by atoms with Crippen LogP contribution in [0.15, 0.2) is 38.4 Å². The predicted octanol–water partition coefficient (Wildman–Crippen LogP) is 2.03. The number of dihydropyridines is 1. The van der Waals surface area contributed by atoms with E-state index in [1.54, 1.807) is 6.21 Å². The van der Waals surface area contributed by atoms with E-state index in [-0.39, 0.29) is 11.8 Å². The number of aliphatic imine (C=N–C) groups is 1. The smallest absolute Gasteiger partial charge is 0.257 e. The van der Waals surface area contributed by atoms with Crippen molar-refractivity contribution in [1.82, 2.24) is 0 Å². The molecule has 0 aromatic heterocycles. The Morgan fingerprint density at radius 1 is 1.42 bits per heavy atom. The van der Waals surface area contributed by atoms with Gasteiger partial charge in [0, 0.05) is 9.79 Å². The first-order valence-corrected chi connectivity index (χ1v) is 4.69. The Labute approximate surface area is 83.9 Å². The molecule has 0 fully saturated rings. The first kappa shape index (κ1) is 7.91. The number of carbonyl (C=O) groups is 1. The fraction of sp³-hybridized carbons (Fsp3) is 0.111. The second-order valence-electron chi connectivity index (χ2n) is 2.62. The number of amides is 1. The number of rotatable bonds is 0. The number of carbonyl (C=O) groups excluding carboxylic acids is 1. The van der Waals surface area contributed by atoms with Crippen LogP contribution in [0.25, 0.3) is 0 Å². The van der Waals surface area contributed by atoms with Crippen molar-refractivity contribution in [2.75, 3.05) is 0 Å². The highest BCUT2D eigenvalue weighted by molar-refractivity contribution is 14.1. The van der Waals surface area contributed by atoms with E-state index in [4.69, 9.17) is 0 Å². The van der Waals surface area contributed by atoms with E-state index in [1.807, 2.05) is 24.3 Å². The molecule has 2 aliphatic rings. The summed E-state index contributed by atoms with van der Waals surface area (Å²) in [5.41, 5.74) is 1.07. The molecule has 1 amide bonds. The Morgan fingerprint density at radius 3 is 3.00 bits per heavy atom. The van der Waals surface area contributed by atoms with Crippen molar-refractivity contribution in [2.45, 2.75) is 0 Å². The second kappa shape index (κ2) is 2.97. The second-order valence-corrected chi connectivity index (χ2v) is 3.78. The minimum atomic E-state index is -0.133. The van der Waals surface area contributed by atoms with Crippen molar-refractivity contribution in [3.05, 3.63) is 33.5 Å². The molecule has 1 aliphatic heterocycles. The van der Waals surface area contributed by atoms with Gasteiger partial charge in [0.05, 0.1) is 5.92 Å². The Hall–Kier alpha value is -0.710. The van der Waals surface area contributed by atoms with Gasteiger partial charge < -0.3 is 0 Å². The Morgan fingerprint density at radius 2 is 2.25 bits per heavy atom. The van der Waals surface area contributed by atoms with Crippen LogP contribution in [0.5, 0.6) is 0 Å². The lowest BCUT2D eigenvalue weighted by atomic mass is 9.92. The van der Waals surface area contributed by atoms with Crippen LogP contribution in [0.2, 0.25) is 0 Å². The van der Waals surface area contributed by atoms with Gasteiger partial charge in [-0.1, -0.05) is 24.3 Å². The molecule has 60 valence electrons. The normalized spacial score (nSPS) is 26.4. The fourth-order valence-electron chi connectivity index (χ4n) is 1.26. The molecule has 0 saturated carbocycles. The standard InChI is InChI=1S/C9H6INO/c10-8-5-11-9(12)7-4-2-1-3-6(7)8/h1-5,7H. The predicted molar refractivity (Wildman–Crippen MR) is 56.3 cm³/mol. The van der Waals surface area contributed by atoms with Crippen molar-refractivity contribution in [3.63, 3.8) is 0 Å². The number of hydrogen-bond donors (Lipinski definition) is 0. The molecule has 12 heavy (non-hydrogen) atoms. The summed E-state index contributed by atoms with van der Waals surface area (Å²) in [5.74, 6) is -0.196. The summed E-state index contributed by atoms with van der Waals surface area (Å²) < 4.78 is 1.05. The summed E-state index contributed by atoms with van der Waals surface area (Å²) in [4.78, 5) is 15.0. The minimum absolute atomic E-state index is 0.0639. The Bertz CT molecular complexity index is 350. The van der Waals surface area contributed by atoms with Crippen LogP contribution in [0.1, 0.15) is 0 Å². The quantitative estimate of drug-likeness (QED) is 0.620. The Balaban J connectivity index is 2.51. The fourth-order valence-corrected chi connectivity index (χ4v) is 1.92. The average Bonchev–Trinajstić information content (AvgIpc) is 2.12. The lowest BCUT2D eigenvalue weighted by molar-refractivity contribution is -0.119. The van der Waals surface area contributed by atoms with Crippen molar-refractivity contribution < 1.29 is 4.79 Å². The molecule has 1 heterocycles. The van der Waals surface area contributed by atoms with Gasteiger partial charge in [-0.25, -0.2) is 4.99 Å². The molecule has 2 nitrogen and oxygen atoms in total. The molecule has 3 heteroatoms. The molecule has 1 aliphatic carbocycles. The molecule has 0 N–H and O–H groups in total. The maximum atomic E-state index is 11.3. The summed E-state index contributed by atoms with van der Waals surface area (Å²) >= 11 is 2.19. The van der Waals surface area contributed by atoms with Crippen molar-refractivity contribution >= 4 is 34.7 Å². The van der Waals surface area contributed by atoms with Gasteiger partial charge in [-0.15, -0.1) is 0 Å². The average molecular weight is 271 g/mol. The van der Waals surface area contributed by atoms with Crippen LogP contribution in [-0.4, -0.2) is 12.1 Å². The van der Waals surface area contributed by atoms with Crippen molar-refractivity contribution in [1.29, 1.82) is 0 Å². The van der Waals surface area contributed by atoms with E-state index in [1.165, 1.54) is 0 Å². The Kier molecular flexibility index (Phi) is 1.96. The van der Waals surface area contributed by atoms with Gasteiger partial charge in [-0.3, -0.25) is 4.79 Å². The van der Waals surface area contributed by atoms with Crippen molar-refractivity contribution in [2.24, 2.45) is 10.9 Å². The van der Waals surface area contributed by atoms with Crippen molar-refractivity contribution in [3.8, 4) is 0 Å². The maximum absolute atomic E-state index is 11.3. The van der Waals surface area contributed by atoms with Crippen LogP contribution in [0.4, 0.5) is 0 Å². The number of fused-ring (bicyclic) bond motifs is 1. The van der Waals surface area contributed by atoms with Crippen LogP contribution in [-0.2, 0) is 4.79 Å². The highest BCUT2D eigenvalue weighted by Crippen LogP contribution is 2.28. The lowest BCUT2D eigenvalue weighted by Crippen LogP contribution is -2.17. The van der Waals surface area contributed by atoms with E-state index in [0.29, 0.717) is 0 Å². The largest absolute Gasteiger partial charge is 0.272 e. The number of allylic oxidation sites excluding steroid dienone is 4. The topological polar surface area (TPSA) is 29.4 Å². The zero-order valence-corrected chi connectivity index (χ0v) is 8.36. The molecular weight excluding hydrogens is 265 g/mol. The van der Waals surface area contributed by atoms with Gasteiger partial charge in [0.15, 0.2) is 0 Å². The summed E-state index contributed by atoms with van der Waals surface area (Å²) in [6, 6.07) is 0. The third kappa shape index (κ3) is 1.18. The SMILES string of the molecule is O=C1N=CC(I)=C2C=CC=CC12. The van der Waals surface area contributed by atoms with Gasteiger partial charge in [-0.05, 0) is 28.2 Å². The molecular formula is C9H6INO. The van der Waals surface area contributed by atoms with Gasteiger partial charge in [0.25, 0.3) is 5.91 Å². The van der Waals surface area contributed by atoms with Gasteiger partial charge in [0.2, 0.25) is 0 Å². The third-order valence-corrected chi connectivity index (χ3v) is 2.77. The molecule has 0 radical (unpaired) electrons. The summed E-state index contributed by atoms with van der Waals surface area (Å²) in [6.45, 7) is 0. The summed E-state index contributed by atoms with van der Waals surface area (Å²) in [6.07, 6.45) is 9.30. The molecule has 2 rings (SSSR count). The molecule has 1 atom stereocenters. The van der Waals surface area contributed by atoms with Crippen LogP contribution >= 0.6 is 22.6 Å². The third-order valence-electron chi connectivity index (χ3n) is 1.87. The summed E-state index contributed by atoms with van der Waals surface area (Å²) in [7, 11) is 0. The van der Waals surface area contributed by atoms with E-state index < -0.39 is 0 Å². The first-order valence-electron chi connectivity index (χ1n) is 3.61. The molecule has 1 unspecified atom stereocenters. The zero-order chi connectivity index (χ0) is 8.55. The van der Waals surface area contributed by atoms with E-state index >= 15 is 0 Å². The molecule has 0 spiro atoms. The number of hydrogen-bond acceptors (Lipinski definition) is 1. The monoisotopic (exact) mass is 271 g/mol. The van der Waals surface area contributed by atoms with E-state index in [9.17, 15) is 4.79 Å². The zero-order valence-electron chi connectivity index (χ0n) is 6.20. The lowest BCUT2D eigenvalue weighted by Gasteiger charge is -2.17. The molecule has 0 aromatic carbocycles. The van der Waals surface area contributed by atoms with E-state index in [2.05, 4.69) is 27.6 Å². The van der Waals surface area contributed by atoms with Crippen LogP contribution < -0.4 is 0 Å². The molecule has 0 aromatic rings. The molecule has 0 bridgehead atoms. The van der Waals surface area contributed by atoms with Crippen LogP contribution in [0.3, 0.4) is 0 Å². The number of halogens is 1. The number of nitrogens with zero attached hydrogens (tertiary/aromatic N) is 1. The maximum Gasteiger partial charge on any atom is 0.257 e.